The molecule has 0 saturated heterocycles. The van der Waals surface area contributed by atoms with Gasteiger partial charge in [-0.1, -0.05) is 35.0 Å². The second-order valence-corrected chi connectivity index (χ2v) is 8.29. The highest BCUT2D eigenvalue weighted by atomic mass is 16.7. The summed E-state index contributed by atoms with van der Waals surface area (Å²) in [5.74, 6) is 0.705. The summed E-state index contributed by atoms with van der Waals surface area (Å²) in [7, 11) is 1.87. The van der Waals surface area contributed by atoms with Crippen LogP contribution in [0.2, 0.25) is 0 Å². The molecule has 3 aliphatic rings. The molecule has 1 amide bonds. The summed E-state index contributed by atoms with van der Waals surface area (Å²) in [5.41, 5.74) is 5.84. The molecule has 1 aliphatic carbocycles. The minimum absolute atomic E-state index is 0.112. The number of amidine groups is 1. The molecule has 0 radical (unpaired) electrons. The Bertz CT molecular complexity index is 1010. The first kappa shape index (κ1) is 17.3. The first-order valence-corrected chi connectivity index (χ1v) is 9.95. The average molecular weight is 375 g/mol. The van der Waals surface area contributed by atoms with Crippen LogP contribution in [0.4, 0.5) is 11.4 Å². The molecule has 2 aliphatic heterocycles. The first-order valence-electron chi connectivity index (χ1n) is 9.95. The minimum atomic E-state index is -0.725. The van der Waals surface area contributed by atoms with Crippen molar-refractivity contribution in [3.05, 3.63) is 58.7 Å². The smallest absolute Gasteiger partial charge is 0.236 e. The van der Waals surface area contributed by atoms with Gasteiger partial charge in [-0.15, -0.1) is 0 Å². The van der Waals surface area contributed by atoms with E-state index in [1.807, 2.05) is 25.2 Å². The lowest BCUT2D eigenvalue weighted by atomic mass is 9.93. The fourth-order valence-corrected chi connectivity index (χ4v) is 5.33. The van der Waals surface area contributed by atoms with Gasteiger partial charge in [0.05, 0.1) is 11.4 Å². The molecule has 2 aromatic rings. The predicted octanol–water partition coefficient (Wildman–Crippen LogP) is 4.28. The number of anilines is 2. The highest BCUT2D eigenvalue weighted by Gasteiger charge is 2.61. The molecule has 1 fully saturated rings. The third-order valence-corrected chi connectivity index (χ3v) is 6.47. The molecule has 2 atom stereocenters. The van der Waals surface area contributed by atoms with Crippen LogP contribution in [0.1, 0.15) is 41.5 Å². The van der Waals surface area contributed by atoms with Gasteiger partial charge in [0.2, 0.25) is 11.6 Å². The van der Waals surface area contributed by atoms with Crippen molar-refractivity contribution in [3.8, 4) is 0 Å². The molecule has 144 valence electrons. The average Bonchev–Trinajstić information content (AvgIpc) is 3.23. The fraction of sp³-hybridized carbons (Fsp3) is 0.391. The van der Waals surface area contributed by atoms with Gasteiger partial charge in [0.1, 0.15) is 5.92 Å². The van der Waals surface area contributed by atoms with E-state index in [4.69, 9.17) is 4.84 Å². The molecule has 1 spiro atoms. The summed E-state index contributed by atoms with van der Waals surface area (Å²) in [6, 6.07) is 12.4. The van der Waals surface area contributed by atoms with Gasteiger partial charge in [-0.25, -0.2) is 0 Å². The molecule has 1 saturated carbocycles. The number of rotatable bonds is 1. The molecule has 2 heterocycles. The predicted molar refractivity (Wildman–Crippen MR) is 111 cm³/mol. The maximum atomic E-state index is 13.3. The van der Waals surface area contributed by atoms with Gasteiger partial charge in [0.25, 0.3) is 0 Å². The Hall–Kier alpha value is -2.82. The molecule has 0 bridgehead atoms. The quantitative estimate of drug-likeness (QED) is 0.747. The zero-order valence-corrected chi connectivity index (χ0v) is 16.8. The number of fused-ring (bicyclic) bond motifs is 2. The van der Waals surface area contributed by atoms with Crippen LogP contribution in [0, 0.1) is 26.7 Å². The number of benzene rings is 2. The molecule has 28 heavy (non-hydrogen) atoms. The van der Waals surface area contributed by atoms with Crippen LogP contribution in [-0.4, -0.2) is 24.5 Å². The maximum Gasteiger partial charge on any atom is 0.236 e. The van der Waals surface area contributed by atoms with Crippen LogP contribution >= 0.6 is 0 Å². The Morgan fingerprint density at radius 2 is 1.79 bits per heavy atom. The Morgan fingerprint density at radius 1 is 1.11 bits per heavy atom. The van der Waals surface area contributed by atoms with Crippen LogP contribution in [0.25, 0.3) is 0 Å². The first-order chi connectivity index (χ1) is 13.4. The lowest BCUT2D eigenvalue weighted by Crippen LogP contribution is -2.54. The van der Waals surface area contributed by atoms with Crippen molar-refractivity contribution >= 4 is 23.1 Å². The largest absolute Gasteiger partial charge is 0.364 e. The van der Waals surface area contributed by atoms with Crippen molar-refractivity contribution in [2.24, 2.45) is 11.1 Å². The monoisotopic (exact) mass is 375 g/mol. The standard InChI is InChI=1S/C23H25N3O2/c1-14-12-15(2)20(16(3)13-14)21-24-28-23-11-7-8-17(23)22(27)25(4)18-9-5-6-10-19(18)26(21)23/h5-6,9-10,12-13,17H,7-8,11H2,1-4H3/t17-,23-/m1/s1. The molecule has 0 N–H and O–H groups in total. The van der Waals surface area contributed by atoms with Gasteiger partial charge >= 0.3 is 0 Å². The van der Waals surface area contributed by atoms with Crippen LogP contribution in [0.15, 0.2) is 41.6 Å². The number of carbonyl (C=O) groups is 1. The van der Waals surface area contributed by atoms with Gasteiger partial charge in [-0.05, 0) is 56.9 Å². The molecule has 2 aromatic carbocycles. The Kier molecular flexibility index (Phi) is 3.60. The van der Waals surface area contributed by atoms with Crippen LogP contribution in [-0.2, 0) is 9.63 Å². The Morgan fingerprint density at radius 3 is 2.50 bits per heavy atom. The second-order valence-electron chi connectivity index (χ2n) is 8.29. The van der Waals surface area contributed by atoms with Crippen LogP contribution in [0.5, 0.6) is 0 Å². The molecular formula is C23H25N3O2. The summed E-state index contributed by atoms with van der Waals surface area (Å²) >= 11 is 0. The number of carbonyl (C=O) groups excluding carboxylic acids is 1. The zero-order valence-electron chi connectivity index (χ0n) is 16.8. The molecule has 0 unspecified atom stereocenters. The van der Waals surface area contributed by atoms with E-state index in [1.165, 1.54) is 16.7 Å². The van der Waals surface area contributed by atoms with Crippen molar-refractivity contribution in [2.75, 3.05) is 16.8 Å². The van der Waals surface area contributed by atoms with Crippen molar-refractivity contribution in [1.82, 2.24) is 0 Å². The number of hydrogen-bond acceptors (Lipinski definition) is 4. The molecular weight excluding hydrogens is 350 g/mol. The maximum absolute atomic E-state index is 13.3. The third kappa shape index (κ3) is 2.13. The molecule has 5 rings (SSSR count). The molecule has 0 aromatic heterocycles. The van der Waals surface area contributed by atoms with E-state index in [2.05, 4.69) is 49.0 Å². The second kappa shape index (κ2) is 5.84. The molecule has 5 heteroatoms. The lowest BCUT2D eigenvalue weighted by Gasteiger charge is -2.36. The third-order valence-electron chi connectivity index (χ3n) is 6.47. The van der Waals surface area contributed by atoms with E-state index >= 15 is 0 Å². The summed E-state index contributed by atoms with van der Waals surface area (Å²) < 4.78 is 0. The number of aryl methyl sites for hydroxylation is 3. The van der Waals surface area contributed by atoms with Crippen LogP contribution in [0.3, 0.4) is 0 Å². The highest BCUT2D eigenvalue weighted by Crippen LogP contribution is 2.52. The van der Waals surface area contributed by atoms with Gasteiger partial charge < -0.3 is 9.74 Å². The summed E-state index contributed by atoms with van der Waals surface area (Å²) in [6.07, 6.45) is 2.57. The van der Waals surface area contributed by atoms with Crippen LogP contribution < -0.4 is 9.80 Å². The fourth-order valence-electron chi connectivity index (χ4n) is 5.33. The summed E-state index contributed by atoms with van der Waals surface area (Å²) in [5, 5.41) is 4.61. The lowest BCUT2D eigenvalue weighted by molar-refractivity contribution is -0.131. The number of oxime groups is 1. The van der Waals surface area contributed by atoms with Gasteiger partial charge in [-0.2, -0.15) is 0 Å². The zero-order chi connectivity index (χ0) is 19.6. The van der Waals surface area contributed by atoms with E-state index in [9.17, 15) is 4.79 Å². The normalized spacial score (nSPS) is 25.6. The van der Waals surface area contributed by atoms with Crippen molar-refractivity contribution in [3.63, 3.8) is 0 Å². The highest BCUT2D eigenvalue weighted by molar-refractivity contribution is 6.17. The topological polar surface area (TPSA) is 45.1 Å². The van der Waals surface area contributed by atoms with Crippen molar-refractivity contribution in [2.45, 2.75) is 45.8 Å². The number of nitrogens with zero attached hydrogens (tertiary/aromatic N) is 3. The Balaban J connectivity index is 1.77. The number of para-hydroxylation sites is 2. The van der Waals surface area contributed by atoms with E-state index in [0.717, 1.165) is 42.0 Å². The molecule has 5 nitrogen and oxygen atoms in total. The summed E-state index contributed by atoms with van der Waals surface area (Å²) in [4.78, 5) is 23.5. The van der Waals surface area contributed by atoms with Crippen molar-refractivity contribution in [1.29, 1.82) is 0 Å². The number of amides is 1. The Labute approximate surface area is 165 Å². The van der Waals surface area contributed by atoms with Gasteiger partial charge in [0, 0.05) is 19.0 Å². The van der Waals surface area contributed by atoms with E-state index < -0.39 is 5.72 Å². The minimum Gasteiger partial charge on any atom is -0.364 e. The van der Waals surface area contributed by atoms with Crippen molar-refractivity contribution < 1.29 is 9.63 Å². The van der Waals surface area contributed by atoms with E-state index in [0.29, 0.717) is 0 Å². The van der Waals surface area contributed by atoms with E-state index in [1.54, 1.807) is 4.90 Å². The van der Waals surface area contributed by atoms with E-state index in [-0.39, 0.29) is 11.8 Å². The summed E-state index contributed by atoms with van der Waals surface area (Å²) in [6.45, 7) is 6.35. The van der Waals surface area contributed by atoms with Gasteiger partial charge in [-0.3, -0.25) is 9.69 Å². The van der Waals surface area contributed by atoms with Gasteiger partial charge in [0.15, 0.2) is 5.84 Å². The SMILES string of the molecule is Cc1cc(C)c(C2=NO[C@]34CCC[C@@H]3C(=O)N(C)c3ccccc3N24)c(C)c1. The number of hydrogen-bond donors (Lipinski definition) is 0.